The summed E-state index contributed by atoms with van der Waals surface area (Å²) in [7, 11) is -3.30. The second kappa shape index (κ2) is 7.54. The standard InChI is InChI=1S/C22H28N4O2S/c1-22(2,3)29(27,28)26-18-9-7-15(8-10-18)20-13-16-12-17(14-24-21(16)25-20)19-6-4-5-11-23-19/h4-6,11-15,18,26H,7-10H2,1-3H3,(H,24,25)/t15-,18-. The predicted octanol–water partition coefficient (Wildman–Crippen LogP) is 4.37. The SMILES string of the molecule is CC(C)(C)S(=O)(=O)N[C@H]1CC[C@H](c2cc3cc(-c4ccccn4)cnc3[nH]2)CC1. The number of nitrogens with zero attached hydrogens (tertiary/aromatic N) is 2. The first-order valence-corrected chi connectivity index (χ1v) is 11.6. The highest BCUT2D eigenvalue weighted by Gasteiger charge is 2.33. The van der Waals surface area contributed by atoms with Crippen LogP contribution in [0.1, 0.15) is 58.1 Å². The number of aromatic amines is 1. The van der Waals surface area contributed by atoms with E-state index in [1.54, 1.807) is 27.0 Å². The largest absolute Gasteiger partial charge is 0.343 e. The molecule has 6 nitrogen and oxygen atoms in total. The van der Waals surface area contributed by atoms with Gasteiger partial charge < -0.3 is 4.98 Å². The highest BCUT2D eigenvalue weighted by molar-refractivity contribution is 7.90. The molecule has 3 aromatic rings. The first-order chi connectivity index (χ1) is 13.7. The predicted molar refractivity (Wildman–Crippen MR) is 116 cm³/mol. The molecule has 0 saturated heterocycles. The molecule has 0 bridgehead atoms. The van der Waals surface area contributed by atoms with E-state index in [4.69, 9.17) is 0 Å². The van der Waals surface area contributed by atoms with E-state index in [2.05, 4.69) is 31.8 Å². The van der Waals surface area contributed by atoms with E-state index in [1.165, 1.54) is 5.69 Å². The Balaban J connectivity index is 1.46. The van der Waals surface area contributed by atoms with Crippen LogP contribution in [-0.2, 0) is 10.0 Å². The number of aromatic nitrogens is 3. The number of pyridine rings is 2. The summed E-state index contributed by atoms with van der Waals surface area (Å²) in [5.41, 5.74) is 3.98. The second-order valence-corrected chi connectivity index (χ2v) is 11.4. The van der Waals surface area contributed by atoms with Gasteiger partial charge >= 0.3 is 0 Å². The third kappa shape index (κ3) is 4.21. The van der Waals surface area contributed by atoms with Crippen molar-refractivity contribution in [3.63, 3.8) is 0 Å². The number of H-pyrrole nitrogens is 1. The van der Waals surface area contributed by atoms with E-state index in [0.717, 1.165) is 48.0 Å². The lowest BCUT2D eigenvalue weighted by molar-refractivity contribution is 0.368. The minimum absolute atomic E-state index is 0.0220. The van der Waals surface area contributed by atoms with Crippen LogP contribution in [0.5, 0.6) is 0 Å². The minimum Gasteiger partial charge on any atom is -0.343 e. The van der Waals surface area contributed by atoms with Gasteiger partial charge in [-0.15, -0.1) is 0 Å². The maximum absolute atomic E-state index is 12.4. The monoisotopic (exact) mass is 412 g/mol. The van der Waals surface area contributed by atoms with E-state index in [-0.39, 0.29) is 6.04 Å². The van der Waals surface area contributed by atoms with Gasteiger partial charge in [-0.3, -0.25) is 4.98 Å². The fourth-order valence-electron chi connectivity index (χ4n) is 3.85. The molecule has 3 aromatic heterocycles. The molecule has 0 aromatic carbocycles. The Hall–Kier alpha value is -2.25. The molecule has 1 aliphatic carbocycles. The third-order valence-corrected chi connectivity index (χ3v) is 8.00. The zero-order valence-electron chi connectivity index (χ0n) is 17.1. The molecule has 0 amide bonds. The minimum atomic E-state index is -3.30. The zero-order valence-corrected chi connectivity index (χ0v) is 18.0. The summed E-state index contributed by atoms with van der Waals surface area (Å²) in [6.45, 7) is 5.20. The van der Waals surface area contributed by atoms with Gasteiger partial charge in [0.1, 0.15) is 5.65 Å². The van der Waals surface area contributed by atoms with Crippen LogP contribution in [0.25, 0.3) is 22.3 Å². The lowest BCUT2D eigenvalue weighted by atomic mass is 9.84. The summed E-state index contributed by atoms with van der Waals surface area (Å²) in [5.74, 6) is 0.401. The topological polar surface area (TPSA) is 87.7 Å². The Bertz CT molecular complexity index is 1090. The Morgan fingerprint density at radius 2 is 1.83 bits per heavy atom. The summed E-state index contributed by atoms with van der Waals surface area (Å²) in [6, 6.07) is 10.2. The van der Waals surface area contributed by atoms with Gasteiger partial charge in [0, 0.05) is 35.1 Å². The molecule has 1 saturated carbocycles. The van der Waals surface area contributed by atoms with Crippen LogP contribution in [0, 0.1) is 0 Å². The summed E-state index contributed by atoms with van der Waals surface area (Å²) in [5, 5.41) is 1.08. The molecule has 0 aliphatic heterocycles. The Labute approximate surface area is 172 Å². The van der Waals surface area contributed by atoms with Gasteiger partial charge in [-0.25, -0.2) is 18.1 Å². The molecule has 1 fully saturated rings. The Morgan fingerprint density at radius 3 is 2.48 bits per heavy atom. The molecule has 4 rings (SSSR count). The molecular formula is C22H28N4O2S. The van der Waals surface area contributed by atoms with E-state index in [1.807, 2.05) is 24.4 Å². The van der Waals surface area contributed by atoms with Crippen molar-refractivity contribution < 1.29 is 8.42 Å². The number of sulfonamides is 1. The van der Waals surface area contributed by atoms with Crippen molar-refractivity contribution in [3.05, 3.63) is 48.4 Å². The Morgan fingerprint density at radius 1 is 1.07 bits per heavy atom. The van der Waals surface area contributed by atoms with Crippen LogP contribution in [0.2, 0.25) is 0 Å². The van der Waals surface area contributed by atoms with Gasteiger partial charge in [0.05, 0.1) is 10.4 Å². The average molecular weight is 413 g/mol. The van der Waals surface area contributed by atoms with E-state index in [0.29, 0.717) is 5.92 Å². The fourth-order valence-corrected chi connectivity index (χ4v) is 4.88. The number of nitrogens with one attached hydrogen (secondary N) is 2. The van der Waals surface area contributed by atoms with Gasteiger partial charge in [-0.2, -0.15) is 0 Å². The lowest BCUT2D eigenvalue weighted by Gasteiger charge is -2.31. The number of hydrogen-bond donors (Lipinski definition) is 2. The molecule has 1 aliphatic rings. The van der Waals surface area contributed by atoms with Crippen LogP contribution < -0.4 is 4.72 Å². The summed E-state index contributed by atoms with van der Waals surface area (Å²) >= 11 is 0. The molecule has 154 valence electrons. The molecule has 0 spiro atoms. The van der Waals surface area contributed by atoms with Crippen molar-refractivity contribution >= 4 is 21.1 Å². The molecular weight excluding hydrogens is 384 g/mol. The third-order valence-electron chi connectivity index (χ3n) is 5.75. The van der Waals surface area contributed by atoms with Crippen LogP contribution in [0.3, 0.4) is 0 Å². The van der Waals surface area contributed by atoms with Crippen LogP contribution in [0.15, 0.2) is 42.7 Å². The molecule has 7 heteroatoms. The van der Waals surface area contributed by atoms with Gasteiger partial charge in [0.2, 0.25) is 10.0 Å². The smallest absolute Gasteiger partial charge is 0.216 e. The molecule has 0 unspecified atom stereocenters. The lowest BCUT2D eigenvalue weighted by Crippen LogP contribution is -2.45. The van der Waals surface area contributed by atoms with Crippen LogP contribution in [-0.4, -0.2) is 34.2 Å². The maximum Gasteiger partial charge on any atom is 0.216 e. The molecule has 2 N–H and O–H groups in total. The van der Waals surface area contributed by atoms with Crippen molar-refractivity contribution in [1.82, 2.24) is 19.7 Å². The molecule has 3 heterocycles. The maximum atomic E-state index is 12.4. The van der Waals surface area contributed by atoms with Crippen molar-refractivity contribution in [2.24, 2.45) is 0 Å². The van der Waals surface area contributed by atoms with Gasteiger partial charge in [0.15, 0.2) is 0 Å². The zero-order chi connectivity index (χ0) is 20.6. The Kier molecular flexibility index (Phi) is 5.21. The summed E-state index contributed by atoms with van der Waals surface area (Å²) < 4.78 is 26.9. The molecule has 0 radical (unpaired) electrons. The van der Waals surface area contributed by atoms with Crippen molar-refractivity contribution in [2.45, 2.75) is 63.2 Å². The number of rotatable bonds is 4. The number of fused-ring (bicyclic) bond motifs is 1. The van der Waals surface area contributed by atoms with Crippen molar-refractivity contribution in [3.8, 4) is 11.3 Å². The van der Waals surface area contributed by atoms with E-state index < -0.39 is 14.8 Å². The first-order valence-electron chi connectivity index (χ1n) is 10.1. The second-order valence-electron chi connectivity index (χ2n) is 8.88. The van der Waals surface area contributed by atoms with E-state index >= 15 is 0 Å². The van der Waals surface area contributed by atoms with E-state index in [9.17, 15) is 8.42 Å². The quantitative estimate of drug-likeness (QED) is 0.666. The van der Waals surface area contributed by atoms with Crippen LogP contribution >= 0.6 is 0 Å². The van der Waals surface area contributed by atoms with Gasteiger partial charge in [0.25, 0.3) is 0 Å². The average Bonchev–Trinajstić information content (AvgIpc) is 3.11. The normalized spacial score (nSPS) is 20.8. The number of hydrogen-bond acceptors (Lipinski definition) is 4. The van der Waals surface area contributed by atoms with Gasteiger partial charge in [-0.1, -0.05) is 6.07 Å². The first kappa shape index (κ1) is 20.0. The van der Waals surface area contributed by atoms with Crippen LogP contribution in [0.4, 0.5) is 0 Å². The fraction of sp³-hybridized carbons (Fsp3) is 0.455. The highest BCUT2D eigenvalue weighted by atomic mass is 32.2. The highest BCUT2D eigenvalue weighted by Crippen LogP contribution is 2.35. The van der Waals surface area contributed by atoms with Crippen molar-refractivity contribution in [1.29, 1.82) is 0 Å². The van der Waals surface area contributed by atoms with Crippen molar-refractivity contribution in [2.75, 3.05) is 0 Å². The van der Waals surface area contributed by atoms with Gasteiger partial charge in [-0.05, 0) is 76.6 Å². The molecule has 0 atom stereocenters. The summed E-state index contributed by atoms with van der Waals surface area (Å²) in [4.78, 5) is 12.4. The summed E-state index contributed by atoms with van der Waals surface area (Å²) in [6.07, 6.45) is 7.25. The molecule has 29 heavy (non-hydrogen) atoms.